The third kappa shape index (κ3) is 2.93. The van der Waals surface area contributed by atoms with Crippen molar-refractivity contribution in [2.24, 2.45) is 0 Å². The molecule has 4 nitrogen and oxygen atoms in total. The van der Waals surface area contributed by atoms with E-state index in [-0.39, 0.29) is 17.5 Å². The van der Waals surface area contributed by atoms with Gasteiger partial charge in [0.2, 0.25) is 5.56 Å². The minimum atomic E-state index is -0.239. The van der Waals surface area contributed by atoms with Gasteiger partial charge in [-0.2, -0.15) is 0 Å². The predicted octanol–water partition coefficient (Wildman–Crippen LogP) is 2.00. The van der Waals surface area contributed by atoms with Gasteiger partial charge < -0.3 is 9.88 Å². The number of H-pyrrole nitrogens is 1. The van der Waals surface area contributed by atoms with E-state index in [9.17, 15) is 9.59 Å². The third-order valence-electron chi connectivity index (χ3n) is 3.31. The van der Waals surface area contributed by atoms with Crippen molar-refractivity contribution in [1.82, 2.24) is 9.88 Å². The molecule has 18 heavy (non-hydrogen) atoms. The zero-order valence-corrected chi connectivity index (χ0v) is 10.9. The van der Waals surface area contributed by atoms with Gasteiger partial charge in [-0.15, -0.1) is 11.6 Å². The Morgan fingerprint density at radius 2 is 2.33 bits per heavy atom. The van der Waals surface area contributed by atoms with Crippen LogP contribution in [-0.2, 0) is 0 Å². The fraction of sp³-hybridized carbons (Fsp3) is 0.538. The van der Waals surface area contributed by atoms with E-state index in [0.29, 0.717) is 11.6 Å². The van der Waals surface area contributed by atoms with Crippen molar-refractivity contribution < 1.29 is 4.79 Å². The molecule has 1 aromatic heterocycles. The number of amides is 1. The van der Waals surface area contributed by atoms with E-state index in [1.165, 1.54) is 6.07 Å². The number of aromatic nitrogens is 1. The third-order valence-corrected chi connectivity index (χ3v) is 3.58. The number of nitrogens with zero attached hydrogens (tertiary/aromatic N) is 1. The maximum Gasteiger partial charge on any atom is 0.270 e. The summed E-state index contributed by atoms with van der Waals surface area (Å²) in [5.74, 6) is 0.547. The van der Waals surface area contributed by atoms with Gasteiger partial charge in [0.05, 0.1) is 0 Å². The Balaban J connectivity index is 2.10. The molecule has 0 aromatic carbocycles. The highest BCUT2D eigenvalue weighted by molar-refractivity contribution is 6.17. The van der Waals surface area contributed by atoms with Crippen LogP contribution in [0.1, 0.15) is 36.2 Å². The largest absolute Gasteiger partial charge is 0.334 e. The number of pyridine rings is 1. The first-order valence-electron chi connectivity index (χ1n) is 6.28. The Hall–Kier alpha value is -1.29. The lowest BCUT2D eigenvalue weighted by molar-refractivity contribution is 0.0724. The van der Waals surface area contributed by atoms with Crippen molar-refractivity contribution in [1.29, 1.82) is 0 Å². The summed E-state index contributed by atoms with van der Waals surface area (Å²) in [5.41, 5.74) is 0.137. The standard InChI is InChI=1S/C13H17ClN2O2/c14-8-2-4-10-5-3-9-16(10)13(18)11-6-1-7-12(17)15-11/h1,6-7,10H,2-5,8-9H2,(H,15,17). The Morgan fingerprint density at radius 3 is 3.06 bits per heavy atom. The summed E-state index contributed by atoms with van der Waals surface area (Å²) in [6.07, 6.45) is 3.91. The summed E-state index contributed by atoms with van der Waals surface area (Å²) >= 11 is 5.69. The molecule has 1 aliphatic heterocycles. The lowest BCUT2D eigenvalue weighted by atomic mass is 10.1. The van der Waals surface area contributed by atoms with Crippen LogP contribution in [0.3, 0.4) is 0 Å². The molecule has 0 radical (unpaired) electrons. The number of halogens is 1. The Kier molecular flexibility index (Phi) is 4.42. The van der Waals surface area contributed by atoms with Gasteiger partial charge in [-0.3, -0.25) is 9.59 Å². The summed E-state index contributed by atoms with van der Waals surface area (Å²) in [6, 6.07) is 4.93. The highest BCUT2D eigenvalue weighted by Gasteiger charge is 2.29. The van der Waals surface area contributed by atoms with Crippen LogP contribution in [0.4, 0.5) is 0 Å². The molecule has 1 atom stereocenters. The van der Waals surface area contributed by atoms with Crippen LogP contribution in [0.5, 0.6) is 0 Å². The monoisotopic (exact) mass is 268 g/mol. The van der Waals surface area contributed by atoms with Crippen molar-refractivity contribution in [3.8, 4) is 0 Å². The average molecular weight is 269 g/mol. The van der Waals surface area contributed by atoms with Crippen molar-refractivity contribution in [3.63, 3.8) is 0 Å². The van der Waals surface area contributed by atoms with Crippen LogP contribution in [0, 0.1) is 0 Å². The highest BCUT2D eigenvalue weighted by atomic mass is 35.5. The van der Waals surface area contributed by atoms with Crippen molar-refractivity contribution in [3.05, 3.63) is 34.2 Å². The Labute approximate surface area is 111 Å². The van der Waals surface area contributed by atoms with Gasteiger partial charge >= 0.3 is 0 Å². The maximum absolute atomic E-state index is 12.3. The zero-order valence-electron chi connectivity index (χ0n) is 10.2. The van der Waals surface area contributed by atoms with E-state index in [4.69, 9.17) is 11.6 Å². The van der Waals surface area contributed by atoms with Crippen molar-refractivity contribution in [2.75, 3.05) is 12.4 Å². The molecule has 1 amide bonds. The number of carbonyl (C=O) groups is 1. The number of hydrogen-bond acceptors (Lipinski definition) is 2. The van der Waals surface area contributed by atoms with E-state index < -0.39 is 0 Å². The van der Waals surface area contributed by atoms with Crippen LogP contribution in [0.25, 0.3) is 0 Å². The molecule has 98 valence electrons. The number of likely N-dealkylation sites (tertiary alicyclic amines) is 1. The summed E-state index contributed by atoms with van der Waals surface area (Å²) in [6.45, 7) is 0.767. The summed E-state index contributed by atoms with van der Waals surface area (Å²) < 4.78 is 0. The van der Waals surface area contributed by atoms with Gasteiger partial charge in [-0.25, -0.2) is 0 Å². The molecule has 1 aromatic rings. The first kappa shape index (κ1) is 13.1. The van der Waals surface area contributed by atoms with Gasteiger partial charge in [0.15, 0.2) is 0 Å². The van der Waals surface area contributed by atoms with Gasteiger partial charge in [-0.05, 0) is 31.7 Å². The second-order valence-corrected chi connectivity index (χ2v) is 4.93. The smallest absolute Gasteiger partial charge is 0.270 e. The number of rotatable bonds is 4. The van der Waals surface area contributed by atoms with Gasteiger partial charge in [0.1, 0.15) is 5.69 Å². The molecule has 0 aliphatic carbocycles. The van der Waals surface area contributed by atoms with Crippen molar-refractivity contribution >= 4 is 17.5 Å². The SMILES string of the molecule is O=C(c1cccc(=O)[nH]1)N1CCCC1CCCCl. The van der Waals surface area contributed by atoms with E-state index in [1.807, 2.05) is 4.90 Å². The van der Waals surface area contributed by atoms with Crippen LogP contribution >= 0.6 is 11.6 Å². The second-order valence-electron chi connectivity index (χ2n) is 4.55. The van der Waals surface area contributed by atoms with Gasteiger partial charge in [0.25, 0.3) is 5.91 Å². The van der Waals surface area contributed by atoms with E-state index in [0.717, 1.165) is 32.2 Å². The first-order valence-corrected chi connectivity index (χ1v) is 6.82. The summed E-state index contributed by atoms with van der Waals surface area (Å²) in [4.78, 5) is 28.0. The normalized spacial score (nSPS) is 19.2. The molecule has 2 rings (SSSR count). The van der Waals surface area contributed by atoms with E-state index >= 15 is 0 Å². The molecule has 5 heteroatoms. The summed E-state index contributed by atoms with van der Waals surface area (Å²) in [7, 11) is 0. The molecule has 0 spiro atoms. The number of aromatic amines is 1. The molecular weight excluding hydrogens is 252 g/mol. The molecular formula is C13H17ClN2O2. The van der Waals surface area contributed by atoms with Crippen LogP contribution in [0.2, 0.25) is 0 Å². The Morgan fingerprint density at radius 1 is 1.50 bits per heavy atom. The number of carbonyl (C=O) groups excluding carboxylic acids is 1. The molecule has 1 fully saturated rings. The molecule has 0 bridgehead atoms. The quantitative estimate of drug-likeness (QED) is 0.849. The van der Waals surface area contributed by atoms with E-state index in [1.54, 1.807) is 12.1 Å². The molecule has 1 saturated heterocycles. The summed E-state index contributed by atoms with van der Waals surface area (Å²) in [5, 5.41) is 0. The number of hydrogen-bond donors (Lipinski definition) is 1. The van der Waals surface area contributed by atoms with Crippen LogP contribution < -0.4 is 5.56 Å². The molecule has 2 heterocycles. The fourth-order valence-corrected chi connectivity index (χ4v) is 2.60. The van der Waals surface area contributed by atoms with Crippen LogP contribution in [0.15, 0.2) is 23.0 Å². The molecule has 1 aliphatic rings. The van der Waals surface area contributed by atoms with Gasteiger partial charge in [-0.1, -0.05) is 6.07 Å². The lowest BCUT2D eigenvalue weighted by Crippen LogP contribution is -2.36. The first-order chi connectivity index (χ1) is 8.72. The molecule has 0 saturated carbocycles. The lowest BCUT2D eigenvalue weighted by Gasteiger charge is -2.24. The maximum atomic E-state index is 12.3. The number of alkyl halides is 1. The topological polar surface area (TPSA) is 53.2 Å². The number of nitrogens with one attached hydrogen (secondary N) is 1. The van der Waals surface area contributed by atoms with Crippen LogP contribution in [-0.4, -0.2) is 34.3 Å². The average Bonchev–Trinajstić information content (AvgIpc) is 2.83. The van der Waals surface area contributed by atoms with Gasteiger partial charge in [0, 0.05) is 24.5 Å². The molecule has 1 unspecified atom stereocenters. The van der Waals surface area contributed by atoms with E-state index in [2.05, 4.69) is 4.98 Å². The Bertz CT molecular complexity index is 472. The minimum absolute atomic E-state index is 0.0789. The zero-order chi connectivity index (χ0) is 13.0. The van der Waals surface area contributed by atoms with Crippen molar-refractivity contribution in [2.45, 2.75) is 31.7 Å². The fourth-order valence-electron chi connectivity index (χ4n) is 2.44. The molecule has 1 N–H and O–H groups in total. The minimum Gasteiger partial charge on any atom is -0.334 e. The predicted molar refractivity (Wildman–Crippen MR) is 71.1 cm³/mol. The second kappa shape index (κ2) is 6.05. The highest BCUT2D eigenvalue weighted by Crippen LogP contribution is 2.23.